The van der Waals surface area contributed by atoms with E-state index < -0.39 is 5.91 Å². The Morgan fingerprint density at radius 3 is 2.59 bits per heavy atom. The number of hydrogen-bond donors (Lipinski definition) is 1. The number of fused-ring (bicyclic) bond motifs is 1. The Morgan fingerprint density at radius 1 is 1.15 bits per heavy atom. The molecule has 4 rings (SSSR count). The minimum absolute atomic E-state index is 0.00628. The summed E-state index contributed by atoms with van der Waals surface area (Å²) in [5, 5.41) is 8.90. The minimum atomic E-state index is -0.454. The van der Waals surface area contributed by atoms with E-state index >= 15 is 0 Å². The van der Waals surface area contributed by atoms with Gasteiger partial charge in [0.1, 0.15) is 5.65 Å². The molecular weight excluding hydrogens is 342 g/mol. The average molecular weight is 363 g/mol. The van der Waals surface area contributed by atoms with Gasteiger partial charge in [0.2, 0.25) is 5.91 Å². The molecular formula is C19H21N7O. The summed E-state index contributed by atoms with van der Waals surface area (Å²) in [6.07, 6.45) is 6.59. The largest absolute Gasteiger partial charge is 0.369 e. The van der Waals surface area contributed by atoms with Crippen LogP contribution in [0.15, 0.2) is 42.9 Å². The van der Waals surface area contributed by atoms with Crippen LogP contribution in [-0.2, 0) is 31.2 Å². The topological polar surface area (TPSA) is 96.0 Å². The third-order valence-electron chi connectivity index (χ3n) is 4.59. The lowest BCUT2D eigenvalue weighted by atomic mass is 10.1. The molecule has 0 spiro atoms. The molecule has 138 valence electrons. The Balaban J connectivity index is 1.78. The first kappa shape index (κ1) is 17.0. The Kier molecular flexibility index (Phi) is 4.23. The van der Waals surface area contributed by atoms with Gasteiger partial charge in [0.15, 0.2) is 11.6 Å². The Bertz CT molecular complexity index is 1100. The van der Waals surface area contributed by atoms with Crippen LogP contribution < -0.4 is 5.73 Å². The molecule has 8 heteroatoms. The quantitative estimate of drug-likeness (QED) is 0.562. The monoisotopic (exact) mass is 363 g/mol. The summed E-state index contributed by atoms with van der Waals surface area (Å²) in [6, 6.07) is 8.42. The molecule has 0 aliphatic rings. The third-order valence-corrected chi connectivity index (χ3v) is 4.59. The van der Waals surface area contributed by atoms with Gasteiger partial charge in [0, 0.05) is 19.4 Å². The van der Waals surface area contributed by atoms with Crippen LogP contribution in [0.4, 0.5) is 0 Å². The number of aromatic nitrogens is 6. The summed E-state index contributed by atoms with van der Waals surface area (Å²) in [7, 11) is 1.95. The maximum atomic E-state index is 11.3. The van der Waals surface area contributed by atoms with Crippen LogP contribution in [0.25, 0.3) is 17.0 Å². The van der Waals surface area contributed by atoms with Crippen LogP contribution in [-0.4, -0.2) is 34.9 Å². The van der Waals surface area contributed by atoms with Gasteiger partial charge >= 0.3 is 0 Å². The van der Waals surface area contributed by atoms with Crippen LogP contribution in [0.2, 0.25) is 0 Å². The summed E-state index contributed by atoms with van der Waals surface area (Å²) in [6.45, 7) is 2.68. The van der Waals surface area contributed by atoms with E-state index in [4.69, 9.17) is 5.73 Å². The van der Waals surface area contributed by atoms with E-state index in [1.165, 1.54) is 5.56 Å². The fraction of sp³-hybridized carbons (Fsp3) is 0.263. The second kappa shape index (κ2) is 6.71. The van der Waals surface area contributed by atoms with Gasteiger partial charge in [-0.2, -0.15) is 10.2 Å². The molecule has 0 radical (unpaired) electrons. The molecule has 0 bridgehead atoms. The average Bonchev–Trinajstić information content (AvgIpc) is 3.32. The van der Waals surface area contributed by atoms with Crippen molar-refractivity contribution in [3.05, 3.63) is 59.8 Å². The number of rotatable bonds is 6. The molecule has 27 heavy (non-hydrogen) atoms. The van der Waals surface area contributed by atoms with Crippen molar-refractivity contribution in [2.45, 2.75) is 26.3 Å². The zero-order valence-electron chi connectivity index (χ0n) is 15.3. The second-order valence-electron chi connectivity index (χ2n) is 6.56. The van der Waals surface area contributed by atoms with Gasteiger partial charge in [-0.15, -0.1) is 0 Å². The lowest BCUT2D eigenvalue weighted by Gasteiger charge is -2.06. The zero-order valence-corrected chi connectivity index (χ0v) is 15.3. The fourth-order valence-electron chi connectivity index (χ4n) is 3.19. The fourth-order valence-corrected chi connectivity index (χ4v) is 3.19. The van der Waals surface area contributed by atoms with Crippen LogP contribution in [0.5, 0.6) is 0 Å². The van der Waals surface area contributed by atoms with E-state index in [1.54, 1.807) is 10.7 Å². The summed E-state index contributed by atoms with van der Waals surface area (Å²) in [4.78, 5) is 15.9. The standard InChI is InChI=1S/C19H21N7O/c1-3-13-4-6-14(7-5-13)12-26-18(22-17(23-26)10-16(20)27)15-11-21-25-9-8-24(2)19(15)25/h4-9,11H,3,10,12H2,1-2H3,(H2,20,27). The summed E-state index contributed by atoms with van der Waals surface area (Å²) in [5.41, 5.74) is 9.50. The van der Waals surface area contributed by atoms with Crippen molar-refractivity contribution in [1.82, 2.24) is 28.9 Å². The zero-order chi connectivity index (χ0) is 19.0. The van der Waals surface area contributed by atoms with Crippen molar-refractivity contribution < 1.29 is 4.79 Å². The molecule has 1 aromatic carbocycles. The number of carbonyl (C=O) groups is 1. The van der Waals surface area contributed by atoms with Crippen molar-refractivity contribution >= 4 is 11.6 Å². The molecule has 0 fully saturated rings. The van der Waals surface area contributed by atoms with E-state index in [0.717, 1.165) is 23.2 Å². The number of amides is 1. The highest BCUT2D eigenvalue weighted by Gasteiger charge is 2.19. The molecule has 0 aliphatic carbocycles. The maximum Gasteiger partial charge on any atom is 0.225 e. The Labute approximate surface area is 156 Å². The van der Waals surface area contributed by atoms with Gasteiger partial charge < -0.3 is 10.3 Å². The second-order valence-corrected chi connectivity index (χ2v) is 6.56. The van der Waals surface area contributed by atoms with E-state index in [0.29, 0.717) is 18.2 Å². The lowest BCUT2D eigenvalue weighted by Crippen LogP contribution is -2.15. The number of hydrogen-bond acceptors (Lipinski definition) is 4. The predicted molar refractivity (Wildman–Crippen MR) is 101 cm³/mol. The van der Waals surface area contributed by atoms with Crippen LogP contribution in [0.3, 0.4) is 0 Å². The highest BCUT2D eigenvalue weighted by atomic mass is 16.1. The molecule has 3 heterocycles. The minimum Gasteiger partial charge on any atom is -0.369 e. The number of benzene rings is 1. The predicted octanol–water partition coefficient (Wildman–Crippen LogP) is 1.57. The van der Waals surface area contributed by atoms with E-state index in [2.05, 4.69) is 46.4 Å². The Hall–Kier alpha value is -3.42. The van der Waals surface area contributed by atoms with Gasteiger partial charge in [-0.1, -0.05) is 31.2 Å². The first-order chi connectivity index (χ1) is 13.0. The molecule has 0 aliphatic heterocycles. The molecule has 2 N–H and O–H groups in total. The van der Waals surface area contributed by atoms with E-state index in [-0.39, 0.29) is 6.42 Å². The van der Waals surface area contributed by atoms with Gasteiger partial charge in [0.05, 0.1) is 24.7 Å². The molecule has 8 nitrogen and oxygen atoms in total. The first-order valence-corrected chi connectivity index (χ1v) is 8.84. The number of nitrogens with two attached hydrogens (primary N) is 1. The number of imidazole rings is 1. The van der Waals surface area contributed by atoms with Crippen molar-refractivity contribution in [2.75, 3.05) is 0 Å². The van der Waals surface area contributed by atoms with Gasteiger partial charge in [-0.05, 0) is 17.5 Å². The molecule has 0 unspecified atom stereocenters. The van der Waals surface area contributed by atoms with Crippen LogP contribution in [0, 0.1) is 0 Å². The van der Waals surface area contributed by atoms with Gasteiger partial charge in [0.25, 0.3) is 0 Å². The van der Waals surface area contributed by atoms with Crippen LogP contribution in [0.1, 0.15) is 23.9 Å². The smallest absolute Gasteiger partial charge is 0.225 e. The molecule has 0 atom stereocenters. The Morgan fingerprint density at radius 2 is 1.89 bits per heavy atom. The third kappa shape index (κ3) is 3.21. The van der Waals surface area contributed by atoms with Crippen molar-refractivity contribution in [1.29, 1.82) is 0 Å². The normalized spacial score (nSPS) is 11.3. The van der Waals surface area contributed by atoms with Crippen LogP contribution >= 0.6 is 0 Å². The summed E-state index contributed by atoms with van der Waals surface area (Å²) in [5.74, 6) is 0.629. The first-order valence-electron chi connectivity index (χ1n) is 8.84. The summed E-state index contributed by atoms with van der Waals surface area (Å²) >= 11 is 0. The molecule has 0 saturated heterocycles. The van der Waals surface area contributed by atoms with Gasteiger partial charge in [-0.3, -0.25) is 4.79 Å². The molecule has 0 saturated carbocycles. The SMILES string of the molecule is CCc1ccc(Cn2nc(CC(N)=O)nc2-c2cnn3ccn(C)c23)cc1. The highest BCUT2D eigenvalue weighted by Crippen LogP contribution is 2.24. The van der Waals surface area contributed by atoms with Crippen molar-refractivity contribution in [2.24, 2.45) is 12.8 Å². The molecule has 1 amide bonds. The molecule has 3 aromatic heterocycles. The number of carbonyl (C=O) groups excluding carboxylic acids is 1. The highest BCUT2D eigenvalue weighted by molar-refractivity contribution is 5.76. The van der Waals surface area contributed by atoms with Gasteiger partial charge in [-0.25, -0.2) is 14.2 Å². The number of primary amides is 1. The van der Waals surface area contributed by atoms with Crippen molar-refractivity contribution in [3.8, 4) is 11.4 Å². The van der Waals surface area contributed by atoms with E-state index in [1.807, 2.05) is 28.7 Å². The number of aryl methyl sites for hydroxylation is 2. The number of nitrogens with zero attached hydrogens (tertiary/aromatic N) is 6. The molecule has 4 aromatic rings. The summed E-state index contributed by atoms with van der Waals surface area (Å²) < 4.78 is 5.58. The van der Waals surface area contributed by atoms with Crippen molar-refractivity contribution in [3.63, 3.8) is 0 Å². The maximum absolute atomic E-state index is 11.3. The lowest BCUT2D eigenvalue weighted by molar-refractivity contribution is -0.117. The van der Waals surface area contributed by atoms with E-state index in [9.17, 15) is 4.79 Å².